The third kappa shape index (κ3) is 3.86. The van der Waals surface area contributed by atoms with E-state index in [2.05, 4.69) is 10.6 Å². The molecule has 2 aromatic rings. The molecule has 0 aliphatic carbocycles. The Morgan fingerprint density at radius 2 is 1.95 bits per heavy atom. The Morgan fingerprint density at radius 1 is 1.14 bits per heavy atom. The maximum atomic E-state index is 12.1. The minimum atomic E-state index is -0.0444. The third-order valence-corrected chi connectivity index (χ3v) is 3.76. The van der Waals surface area contributed by atoms with Crippen LogP contribution in [-0.2, 0) is 6.61 Å². The molecule has 0 bridgehead atoms. The highest BCUT2D eigenvalue weighted by Crippen LogP contribution is 2.15. The lowest BCUT2D eigenvalue weighted by molar-refractivity contribution is 0.0941. The molecule has 0 atom stereocenters. The number of amides is 1. The van der Waals surface area contributed by atoms with Gasteiger partial charge in [0, 0.05) is 31.1 Å². The molecule has 1 aliphatic rings. The minimum absolute atomic E-state index is 0.0444. The van der Waals surface area contributed by atoms with Gasteiger partial charge in [-0.2, -0.15) is 0 Å². The quantitative estimate of drug-likeness (QED) is 0.859. The summed E-state index contributed by atoms with van der Waals surface area (Å²) in [6.07, 6.45) is 0. The van der Waals surface area contributed by atoms with E-state index in [-0.39, 0.29) is 5.91 Å². The molecule has 0 aromatic heterocycles. The predicted molar refractivity (Wildman–Crippen MR) is 85.9 cm³/mol. The molecular weight excluding hydrogens is 276 g/mol. The second kappa shape index (κ2) is 7.09. The fourth-order valence-electron chi connectivity index (χ4n) is 2.30. The number of rotatable bonds is 6. The van der Waals surface area contributed by atoms with Gasteiger partial charge in [0.1, 0.15) is 12.4 Å². The normalized spacial score (nSPS) is 14.2. The van der Waals surface area contributed by atoms with Gasteiger partial charge < -0.3 is 15.4 Å². The fourth-order valence-corrected chi connectivity index (χ4v) is 2.30. The zero-order chi connectivity index (χ0) is 15.2. The number of benzene rings is 2. The summed E-state index contributed by atoms with van der Waals surface area (Å²) in [4.78, 5) is 12.1. The van der Waals surface area contributed by atoms with Crippen LogP contribution in [-0.4, -0.2) is 25.5 Å². The molecule has 2 aromatic carbocycles. The van der Waals surface area contributed by atoms with Crippen LogP contribution in [0.4, 0.5) is 0 Å². The van der Waals surface area contributed by atoms with Crippen LogP contribution in [0, 0.1) is 5.92 Å². The first-order chi connectivity index (χ1) is 10.8. The van der Waals surface area contributed by atoms with Gasteiger partial charge in [-0.25, -0.2) is 0 Å². The molecule has 0 unspecified atom stereocenters. The van der Waals surface area contributed by atoms with Crippen molar-refractivity contribution in [3.8, 4) is 5.75 Å². The highest BCUT2D eigenvalue weighted by molar-refractivity contribution is 5.94. The van der Waals surface area contributed by atoms with Gasteiger partial charge in [-0.05, 0) is 23.8 Å². The van der Waals surface area contributed by atoms with Gasteiger partial charge in [0.05, 0.1) is 0 Å². The number of hydrogen-bond acceptors (Lipinski definition) is 3. The molecule has 114 valence electrons. The van der Waals surface area contributed by atoms with Crippen molar-refractivity contribution in [2.75, 3.05) is 19.6 Å². The van der Waals surface area contributed by atoms with Crippen LogP contribution < -0.4 is 15.4 Å². The fraction of sp³-hybridized carbons (Fsp3) is 0.278. The van der Waals surface area contributed by atoms with Gasteiger partial charge >= 0.3 is 0 Å². The van der Waals surface area contributed by atoms with Crippen molar-refractivity contribution in [2.45, 2.75) is 6.61 Å². The van der Waals surface area contributed by atoms with Crippen LogP contribution in [0.3, 0.4) is 0 Å². The maximum Gasteiger partial charge on any atom is 0.251 e. The molecule has 0 spiro atoms. The molecule has 2 N–H and O–H groups in total. The van der Waals surface area contributed by atoms with E-state index in [1.54, 1.807) is 6.07 Å². The number of ether oxygens (including phenoxy) is 1. The van der Waals surface area contributed by atoms with Gasteiger partial charge in [-0.3, -0.25) is 4.79 Å². The molecule has 4 heteroatoms. The smallest absolute Gasteiger partial charge is 0.251 e. The highest BCUT2D eigenvalue weighted by Gasteiger charge is 2.17. The number of carbonyl (C=O) groups excluding carboxylic acids is 1. The third-order valence-electron chi connectivity index (χ3n) is 3.76. The molecule has 1 saturated heterocycles. The van der Waals surface area contributed by atoms with Crippen molar-refractivity contribution in [1.82, 2.24) is 10.6 Å². The molecule has 0 saturated carbocycles. The molecule has 0 radical (unpaired) electrons. The molecular formula is C18H20N2O2. The summed E-state index contributed by atoms with van der Waals surface area (Å²) in [5.74, 6) is 1.22. The summed E-state index contributed by atoms with van der Waals surface area (Å²) in [7, 11) is 0. The Hall–Kier alpha value is -2.33. The van der Waals surface area contributed by atoms with E-state index in [1.807, 2.05) is 48.5 Å². The van der Waals surface area contributed by atoms with Gasteiger partial charge in [-0.15, -0.1) is 0 Å². The summed E-state index contributed by atoms with van der Waals surface area (Å²) >= 11 is 0. The van der Waals surface area contributed by atoms with Gasteiger partial charge in [0.25, 0.3) is 5.91 Å². The lowest BCUT2D eigenvalue weighted by atomic mass is 10.0. The zero-order valence-corrected chi connectivity index (χ0v) is 12.4. The van der Waals surface area contributed by atoms with Gasteiger partial charge in [-0.1, -0.05) is 36.4 Å². The molecule has 22 heavy (non-hydrogen) atoms. The van der Waals surface area contributed by atoms with Crippen LogP contribution in [0.1, 0.15) is 15.9 Å². The molecule has 1 fully saturated rings. The molecule has 1 heterocycles. The van der Waals surface area contributed by atoms with E-state index in [0.29, 0.717) is 23.8 Å². The molecule has 4 nitrogen and oxygen atoms in total. The number of nitrogens with one attached hydrogen (secondary N) is 2. The van der Waals surface area contributed by atoms with Crippen LogP contribution in [0.15, 0.2) is 54.6 Å². The SMILES string of the molecule is O=C(NCC1CNC1)c1cccc(OCc2ccccc2)c1. The minimum Gasteiger partial charge on any atom is -0.489 e. The lowest BCUT2D eigenvalue weighted by Crippen LogP contribution is -2.48. The average molecular weight is 296 g/mol. The first-order valence-corrected chi connectivity index (χ1v) is 7.57. The van der Waals surface area contributed by atoms with Crippen LogP contribution >= 0.6 is 0 Å². The first-order valence-electron chi connectivity index (χ1n) is 7.57. The Labute approximate surface area is 130 Å². The Bertz CT molecular complexity index is 624. The van der Waals surface area contributed by atoms with Crippen LogP contribution in [0.5, 0.6) is 5.75 Å². The van der Waals surface area contributed by atoms with Crippen molar-refractivity contribution in [2.24, 2.45) is 5.92 Å². The summed E-state index contributed by atoms with van der Waals surface area (Å²) in [5.41, 5.74) is 1.74. The number of carbonyl (C=O) groups is 1. The van der Waals surface area contributed by atoms with E-state index >= 15 is 0 Å². The van der Waals surface area contributed by atoms with Crippen molar-refractivity contribution >= 4 is 5.91 Å². The van der Waals surface area contributed by atoms with E-state index in [1.165, 1.54) is 0 Å². The second-order valence-corrected chi connectivity index (χ2v) is 5.54. The summed E-state index contributed by atoms with van der Waals surface area (Å²) < 4.78 is 5.75. The lowest BCUT2D eigenvalue weighted by Gasteiger charge is -2.27. The first kappa shape index (κ1) is 14.6. The van der Waals surface area contributed by atoms with Gasteiger partial charge in [0.15, 0.2) is 0 Å². The standard InChI is InChI=1S/C18H20N2O2/c21-18(20-12-15-10-19-11-15)16-7-4-8-17(9-16)22-13-14-5-2-1-3-6-14/h1-9,15,19H,10-13H2,(H,20,21). The van der Waals surface area contributed by atoms with Crippen LogP contribution in [0.25, 0.3) is 0 Å². The zero-order valence-electron chi connectivity index (χ0n) is 12.4. The Morgan fingerprint density at radius 3 is 2.68 bits per heavy atom. The van der Waals surface area contributed by atoms with Crippen molar-refractivity contribution < 1.29 is 9.53 Å². The Balaban J connectivity index is 1.55. The number of hydrogen-bond donors (Lipinski definition) is 2. The molecule has 1 aliphatic heterocycles. The summed E-state index contributed by atoms with van der Waals surface area (Å²) in [6.45, 7) is 3.20. The summed E-state index contributed by atoms with van der Waals surface area (Å²) in [6, 6.07) is 17.3. The van der Waals surface area contributed by atoms with Gasteiger partial charge in [0.2, 0.25) is 0 Å². The van der Waals surface area contributed by atoms with E-state index in [0.717, 1.165) is 25.2 Å². The van der Waals surface area contributed by atoms with E-state index in [4.69, 9.17) is 4.74 Å². The molecule has 3 rings (SSSR count). The predicted octanol–water partition coefficient (Wildman–Crippen LogP) is 2.21. The van der Waals surface area contributed by atoms with Crippen LogP contribution in [0.2, 0.25) is 0 Å². The molecule has 1 amide bonds. The largest absolute Gasteiger partial charge is 0.489 e. The summed E-state index contributed by atoms with van der Waals surface area (Å²) in [5, 5.41) is 6.16. The van der Waals surface area contributed by atoms with E-state index in [9.17, 15) is 4.79 Å². The highest BCUT2D eigenvalue weighted by atomic mass is 16.5. The van der Waals surface area contributed by atoms with E-state index < -0.39 is 0 Å². The Kier molecular flexibility index (Phi) is 4.71. The average Bonchev–Trinajstić information content (AvgIpc) is 2.52. The maximum absolute atomic E-state index is 12.1. The monoisotopic (exact) mass is 296 g/mol. The van der Waals surface area contributed by atoms with Crippen molar-refractivity contribution in [1.29, 1.82) is 0 Å². The van der Waals surface area contributed by atoms with Crippen molar-refractivity contribution in [3.05, 3.63) is 65.7 Å². The second-order valence-electron chi connectivity index (χ2n) is 5.54. The van der Waals surface area contributed by atoms with Crippen molar-refractivity contribution in [3.63, 3.8) is 0 Å². The topological polar surface area (TPSA) is 50.4 Å².